The summed E-state index contributed by atoms with van der Waals surface area (Å²) in [6, 6.07) is 18.6. The molecule has 0 saturated heterocycles. The largest absolute Gasteiger partial charge is 0.489 e. The molecule has 0 aliphatic rings. The van der Waals surface area contributed by atoms with E-state index >= 15 is 0 Å². The molecule has 0 N–H and O–H groups in total. The fourth-order valence-electron chi connectivity index (χ4n) is 3.51. The van der Waals surface area contributed by atoms with E-state index in [0.717, 1.165) is 22.3 Å². The summed E-state index contributed by atoms with van der Waals surface area (Å²) in [6.45, 7) is 6.11. The number of carbonyl (C=O) groups is 1. The van der Waals surface area contributed by atoms with Crippen LogP contribution in [0.1, 0.15) is 38.2 Å². The van der Waals surface area contributed by atoms with Crippen molar-refractivity contribution in [1.82, 2.24) is 19.8 Å². The second kappa shape index (κ2) is 8.63. The second-order valence-electron chi connectivity index (χ2n) is 7.83. The second-order valence-corrected chi connectivity index (χ2v) is 7.83. The van der Waals surface area contributed by atoms with Crippen LogP contribution in [-0.2, 0) is 13.7 Å². The number of ether oxygens (including phenoxy) is 1. The number of carbonyl (C=O) groups excluding carboxylic acids is 1. The zero-order chi connectivity index (χ0) is 22.8. The lowest BCUT2D eigenvalue weighted by atomic mass is 10.0. The van der Waals surface area contributed by atoms with Gasteiger partial charge >= 0.3 is 5.69 Å². The van der Waals surface area contributed by atoms with Crippen molar-refractivity contribution in [3.8, 4) is 11.4 Å². The zero-order valence-electron chi connectivity index (χ0n) is 18.5. The highest BCUT2D eigenvalue weighted by molar-refractivity contribution is 6.09. The van der Waals surface area contributed by atoms with Gasteiger partial charge in [0.05, 0.1) is 5.69 Å². The minimum atomic E-state index is -0.327. The van der Waals surface area contributed by atoms with E-state index in [2.05, 4.69) is 10.4 Å². The first-order valence-electron chi connectivity index (χ1n) is 10.3. The van der Waals surface area contributed by atoms with Gasteiger partial charge in [-0.25, -0.2) is 4.79 Å². The number of hydrogen-bond acceptors (Lipinski definition) is 5. The van der Waals surface area contributed by atoms with Crippen molar-refractivity contribution in [2.45, 2.75) is 27.4 Å². The third-order valence-corrected chi connectivity index (χ3v) is 5.46. The highest BCUT2D eigenvalue weighted by atomic mass is 16.5. The summed E-state index contributed by atoms with van der Waals surface area (Å²) in [5, 5.41) is 7.75. The number of ketones is 1. The third kappa shape index (κ3) is 4.09. The van der Waals surface area contributed by atoms with Crippen LogP contribution >= 0.6 is 0 Å². The molecule has 7 heteroatoms. The Labute approximate surface area is 185 Å². The number of tetrazole rings is 1. The topological polar surface area (TPSA) is 79.0 Å². The first kappa shape index (κ1) is 21.2. The summed E-state index contributed by atoms with van der Waals surface area (Å²) >= 11 is 0. The van der Waals surface area contributed by atoms with Gasteiger partial charge < -0.3 is 4.74 Å². The molecule has 0 saturated carbocycles. The highest BCUT2D eigenvalue weighted by Crippen LogP contribution is 2.24. The van der Waals surface area contributed by atoms with Crippen LogP contribution < -0.4 is 10.4 Å². The minimum absolute atomic E-state index is 0.0251. The van der Waals surface area contributed by atoms with Crippen LogP contribution in [0.5, 0.6) is 5.75 Å². The van der Waals surface area contributed by atoms with E-state index in [1.54, 1.807) is 13.1 Å². The van der Waals surface area contributed by atoms with Crippen LogP contribution in [0.4, 0.5) is 0 Å². The molecule has 162 valence electrons. The third-order valence-electron chi connectivity index (χ3n) is 5.46. The fourth-order valence-corrected chi connectivity index (χ4v) is 3.51. The molecule has 0 amide bonds. The van der Waals surface area contributed by atoms with E-state index in [1.807, 2.05) is 75.4 Å². The Morgan fingerprint density at radius 1 is 0.906 bits per heavy atom. The fraction of sp³-hybridized carbons (Fsp3) is 0.200. The summed E-state index contributed by atoms with van der Waals surface area (Å²) in [5.74, 6) is 0.647. The molecule has 0 fully saturated rings. The lowest BCUT2D eigenvalue weighted by molar-refractivity contribution is 0.103. The molecule has 3 aromatic carbocycles. The van der Waals surface area contributed by atoms with Gasteiger partial charge in [0.25, 0.3) is 0 Å². The van der Waals surface area contributed by atoms with Gasteiger partial charge in [-0.2, -0.15) is 9.36 Å². The van der Waals surface area contributed by atoms with Gasteiger partial charge in [0, 0.05) is 23.7 Å². The molecule has 0 radical (unpaired) electrons. The van der Waals surface area contributed by atoms with E-state index in [0.29, 0.717) is 22.6 Å². The quantitative estimate of drug-likeness (QED) is 0.438. The van der Waals surface area contributed by atoms with Crippen molar-refractivity contribution < 1.29 is 9.53 Å². The van der Waals surface area contributed by atoms with Gasteiger partial charge in [-0.3, -0.25) is 4.79 Å². The molecule has 0 unspecified atom stereocenters. The van der Waals surface area contributed by atoms with Gasteiger partial charge in [0.15, 0.2) is 5.78 Å². The Hall–Kier alpha value is -4.00. The van der Waals surface area contributed by atoms with E-state index in [1.165, 1.54) is 9.36 Å². The smallest absolute Gasteiger partial charge is 0.368 e. The lowest BCUT2D eigenvalue weighted by Crippen LogP contribution is -2.23. The predicted octanol–water partition coefficient (Wildman–Crippen LogP) is 3.70. The molecule has 1 aromatic heterocycles. The van der Waals surface area contributed by atoms with E-state index in [4.69, 9.17) is 4.74 Å². The number of benzene rings is 3. The van der Waals surface area contributed by atoms with Crippen molar-refractivity contribution in [1.29, 1.82) is 0 Å². The molecule has 32 heavy (non-hydrogen) atoms. The monoisotopic (exact) mass is 428 g/mol. The summed E-state index contributed by atoms with van der Waals surface area (Å²) < 4.78 is 8.53. The van der Waals surface area contributed by atoms with E-state index < -0.39 is 0 Å². The number of aryl methyl sites for hydroxylation is 4. The molecule has 0 spiro atoms. The Bertz CT molecular complexity index is 1350. The summed E-state index contributed by atoms with van der Waals surface area (Å²) in [6.07, 6.45) is 0. The van der Waals surface area contributed by atoms with Gasteiger partial charge in [-0.05, 0) is 66.6 Å². The molecule has 0 atom stereocenters. The SMILES string of the molecule is Cc1ccc(C(=O)c2ccc(OCc3c(C)cccc3-n3nnn(C)c3=O)c(C)c2)cc1. The van der Waals surface area contributed by atoms with E-state index in [-0.39, 0.29) is 18.1 Å². The molecule has 7 nitrogen and oxygen atoms in total. The van der Waals surface area contributed by atoms with Crippen molar-refractivity contribution in [3.63, 3.8) is 0 Å². The molecule has 4 aromatic rings. The average molecular weight is 428 g/mol. The molecule has 0 aliphatic heterocycles. The van der Waals surface area contributed by atoms with Crippen LogP contribution in [0.15, 0.2) is 65.5 Å². The number of rotatable bonds is 6. The molecule has 0 aliphatic carbocycles. The maximum absolute atomic E-state index is 12.8. The van der Waals surface area contributed by atoms with Crippen molar-refractivity contribution in [3.05, 3.63) is 105 Å². The summed E-state index contributed by atoms with van der Waals surface area (Å²) in [7, 11) is 1.56. The Morgan fingerprint density at radius 2 is 1.62 bits per heavy atom. The maximum atomic E-state index is 12.8. The molecular weight excluding hydrogens is 404 g/mol. The number of hydrogen-bond donors (Lipinski definition) is 0. The van der Waals surface area contributed by atoms with Gasteiger partial charge in [-0.1, -0.05) is 42.0 Å². The number of nitrogens with zero attached hydrogens (tertiary/aromatic N) is 4. The van der Waals surface area contributed by atoms with Gasteiger partial charge in [0.1, 0.15) is 12.4 Å². The molecule has 0 bridgehead atoms. The molecule has 1 heterocycles. The summed E-state index contributed by atoms with van der Waals surface area (Å²) in [4.78, 5) is 25.1. The normalized spacial score (nSPS) is 10.9. The molecular formula is C25H24N4O3. The van der Waals surface area contributed by atoms with Crippen LogP contribution in [-0.4, -0.2) is 25.6 Å². The van der Waals surface area contributed by atoms with Crippen LogP contribution in [0, 0.1) is 20.8 Å². The zero-order valence-corrected chi connectivity index (χ0v) is 18.5. The molecule has 4 rings (SSSR count). The first-order chi connectivity index (χ1) is 15.3. The van der Waals surface area contributed by atoms with Crippen molar-refractivity contribution >= 4 is 5.78 Å². The van der Waals surface area contributed by atoms with Gasteiger partial charge in [0.2, 0.25) is 0 Å². The summed E-state index contributed by atoms with van der Waals surface area (Å²) in [5.41, 5.74) is 5.36. The predicted molar refractivity (Wildman–Crippen MR) is 121 cm³/mol. The van der Waals surface area contributed by atoms with Crippen LogP contribution in [0.25, 0.3) is 5.69 Å². The number of aromatic nitrogens is 4. The Balaban J connectivity index is 1.58. The minimum Gasteiger partial charge on any atom is -0.489 e. The van der Waals surface area contributed by atoms with E-state index in [9.17, 15) is 9.59 Å². The van der Waals surface area contributed by atoms with Crippen LogP contribution in [0.3, 0.4) is 0 Å². The highest BCUT2D eigenvalue weighted by Gasteiger charge is 2.15. The van der Waals surface area contributed by atoms with Gasteiger partial charge in [-0.15, -0.1) is 0 Å². The van der Waals surface area contributed by atoms with Crippen LogP contribution in [0.2, 0.25) is 0 Å². The Kier molecular flexibility index (Phi) is 5.73. The maximum Gasteiger partial charge on any atom is 0.368 e. The Morgan fingerprint density at radius 3 is 2.28 bits per heavy atom. The van der Waals surface area contributed by atoms with Crippen molar-refractivity contribution in [2.75, 3.05) is 0 Å². The first-order valence-corrected chi connectivity index (χ1v) is 10.3. The standard InChI is InChI=1S/C25H24N4O3/c1-16-8-10-19(11-9-16)24(30)20-12-13-23(18(3)14-20)32-15-21-17(2)6-5-7-22(21)29-25(31)28(4)26-27-29/h5-14H,15H2,1-4H3. The average Bonchev–Trinajstić information content (AvgIpc) is 3.11. The van der Waals surface area contributed by atoms with Crippen molar-refractivity contribution in [2.24, 2.45) is 7.05 Å². The lowest BCUT2D eigenvalue weighted by Gasteiger charge is -2.15.